The summed E-state index contributed by atoms with van der Waals surface area (Å²) in [5, 5.41) is 20.4. The van der Waals surface area contributed by atoms with E-state index in [0.717, 1.165) is 47.4 Å². The maximum absolute atomic E-state index is 14.7. The van der Waals surface area contributed by atoms with Crippen LogP contribution < -0.4 is 10.2 Å². The van der Waals surface area contributed by atoms with Crippen LogP contribution in [0.5, 0.6) is 0 Å². The van der Waals surface area contributed by atoms with Crippen LogP contribution in [0.4, 0.5) is 10.1 Å². The van der Waals surface area contributed by atoms with Crippen LogP contribution in [0.25, 0.3) is 22.1 Å². The first-order valence-electron chi connectivity index (χ1n) is 11.4. The summed E-state index contributed by atoms with van der Waals surface area (Å²) in [6, 6.07) is 9.57. The number of methoxy groups -OCH3 is 1. The lowest BCUT2D eigenvalue weighted by Crippen LogP contribution is -2.36. The minimum atomic E-state index is -0.490. The van der Waals surface area contributed by atoms with Crippen molar-refractivity contribution in [1.29, 1.82) is 5.41 Å². The first-order chi connectivity index (χ1) is 17.1. The number of benzene rings is 1. The smallest absolute Gasteiger partial charge is 0.200 e. The van der Waals surface area contributed by atoms with E-state index in [1.165, 1.54) is 24.0 Å². The van der Waals surface area contributed by atoms with Crippen LogP contribution in [0.3, 0.4) is 0 Å². The van der Waals surface area contributed by atoms with Gasteiger partial charge >= 0.3 is 0 Å². The Kier molecular flexibility index (Phi) is 6.65. The second-order valence-corrected chi connectivity index (χ2v) is 9.40. The van der Waals surface area contributed by atoms with Gasteiger partial charge in [0.15, 0.2) is 11.5 Å². The summed E-state index contributed by atoms with van der Waals surface area (Å²) in [4.78, 5) is 7.95. The molecule has 0 radical (unpaired) electrons. The van der Waals surface area contributed by atoms with Crippen LogP contribution in [0.2, 0.25) is 0 Å². The average molecular weight is 492 g/mol. The monoisotopic (exact) mass is 491 g/mol. The number of allylic oxidation sites excluding steroid dienone is 1. The number of hydrogen-bond acceptors (Lipinski definition) is 8. The number of anilines is 1. The normalized spacial score (nSPS) is 15.2. The molecule has 1 fully saturated rings. The maximum atomic E-state index is 14.7. The topological polar surface area (TPSA) is 91.4 Å². The van der Waals surface area contributed by atoms with Crippen molar-refractivity contribution in [3.8, 4) is 0 Å². The van der Waals surface area contributed by atoms with Gasteiger partial charge in [-0.15, -0.1) is 10.2 Å². The van der Waals surface area contributed by atoms with E-state index in [1.807, 2.05) is 18.3 Å². The second kappa shape index (κ2) is 10.0. The Hall–Kier alpha value is -3.50. The van der Waals surface area contributed by atoms with Gasteiger partial charge < -0.3 is 20.4 Å². The number of rotatable bonds is 7. The third kappa shape index (κ3) is 4.71. The summed E-state index contributed by atoms with van der Waals surface area (Å²) in [6.07, 6.45) is 8.85. The SMILES string of the molecule is CN/C=C(\C=N)c1cc(F)c2nnc(Sc3ccc4ncc(N5CCC(OC)CC5)cc4c3)n2c1. The molecule has 0 atom stereocenters. The van der Waals surface area contributed by atoms with Gasteiger partial charge in [0.1, 0.15) is 0 Å². The highest BCUT2D eigenvalue weighted by atomic mass is 32.2. The molecule has 0 unspecified atom stereocenters. The van der Waals surface area contributed by atoms with Crippen LogP contribution in [0, 0.1) is 11.2 Å². The molecule has 0 spiro atoms. The number of nitrogens with zero attached hydrogens (tertiary/aromatic N) is 5. The quantitative estimate of drug-likeness (QED) is 0.371. The van der Waals surface area contributed by atoms with Crippen LogP contribution >= 0.6 is 11.8 Å². The van der Waals surface area contributed by atoms with Crippen molar-refractivity contribution < 1.29 is 9.13 Å². The van der Waals surface area contributed by atoms with Crippen molar-refractivity contribution in [2.45, 2.75) is 29.0 Å². The third-order valence-electron chi connectivity index (χ3n) is 6.21. The highest BCUT2D eigenvalue weighted by Crippen LogP contribution is 2.32. The van der Waals surface area contributed by atoms with Crippen LogP contribution in [-0.4, -0.2) is 59.1 Å². The molecule has 1 aliphatic rings. The Morgan fingerprint density at radius 3 is 2.80 bits per heavy atom. The maximum Gasteiger partial charge on any atom is 0.200 e. The summed E-state index contributed by atoms with van der Waals surface area (Å²) in [5.41, 5.74) is 3.28. The molecule has 10 heteroatoms. The molecule has 35 heavy (non-hydrogen) atoms. The fourth-order valence-electron chi connectivity index (χ4n) is 4.31. The van der Waals surface area contributed by atoms with Crippen molar-refractivity contribution in [2.24, 2.45) is 0 Å². The minimum absolute atomic E-state index is 0.147. The molecule has 0 amide bonds. The van der Waals surface area contributed by atoms with Gasteiger partial charge in [0.05, 0.1) is 23.5 Å². The number of nitrogens with one attached hydrogen (secondary N) is 2. The standard InChI is InChI=1S/C25H26FN7OS/c1-28-13-18(12-27)17-11-22(26)24-30-31-25(33(24)15-17)35-21-3-4-23-16(10-21)9-19(14-29-23)32-7-5-20(34-2)6-8-32/h3-4,9-15,20,27-28H,5-8H2,1-2H3/b18-13+,27-12?. The van der Waals surface area contributed by atoms with Crippen molar-refractivity contribution >= 4 is 45.8 Å². The molecular formula is C25H26FN7OS. The highest BCUT2D eigenvalue weighted by molar-refractivity contribution is 7.99. The molecule has 180 valence electrons. The molecule has 0 bridgehead atoms. The molecule has 8 nitrogen and oxygen atoms in total. The second-order valence-electron chi connectivity index (χ2n) is 8.36. The van der Waals surface area contributed by atoms with Gasteiger partial charge in [-0.05, 0) is 54.9 Å². The zero-order chi connectivity index (χ0) is 24.4. The van der Waals surface area contributed by atoms with E-state index in [4.69, 9.17) is 10.1 Å². The average Bonchev–Trinajstić information content (AvgIpc) is 3.30. The van der Waals surface area contributed by atoms with E-state index in [2.05, 4.69) is 37.5 Å². The number of piperidine rings is 1. The van der Waals surface area contributed by atoms with Gasteiger partial charge in [0.25, 0.3) is 0 Å². The lowest BCUT2D eigenvalue weighted by Gasteiger charge is -2.32. The predicted octanol–water partition coefficient (Wildman–Crippen LogP) is 4.39. The van der Waals surface area contributed by atoms with Crippen LogP contribution in [-0.2, 0) is 4.74 Å². The van der Waals surface area contributed by atoms with E-state index in [9.17, 15) is 4.39 Å². The molecular weight excluding hydrogens is 465 g/mol. The number of pyridine rings is 2. The summed E-state index contributed by atoms with van der Waals surface area (Å²) >= 11 is 1.41. The van der Waals surface area contributed by atoms with Gasteiger partial charge in [-0.25, -0.2) is 4.39 Å². The predicted molar refractivity (Wildman–Crippen MR) is 137 cm³/mol. The molecule has 3 aromatic heterocycles. The minimum Gasteiger partial charge on any atom is -0.393 e. The fourth-order valence-corrected chi connectivity index (χ4v) is 5.17. The number of hydrogen-bond donors (Lipinski definition) is 2. The number of aromatic nitrogens is 4. The van der Waals surface area contributed by atoms with Gasteiger partial charge in [-0.2, -0.15) is 0 Å². The largest absolute Gasteiger partial charge is 0.393 e. The van der Waals surface area contributed by atoms with Gasteiger partial charge in [0, 0.05) is 67.3 Å². The first kappa shape index (κ1) is 23.3. The Morgan fingerprint density at radius 1 is 1.23 bits per heavy atom. The molecule has 1 saturated heterocycles. The lowest BCUT2D eigenvalue weighted by atomic mass is 10.1. The Balaban J connectivity index is 1.45. The summed E-state index contributed by atoms with van der Waals surface area (Å²) in [7, 11) is 3.51. The molecule has 1 aliphatic heterocycles. The Morgan fingerprint density at radius 2 is 2.06 bits per heavy atom. The fraction of sp³-hybridized carbons (Fsp3) is 0.280. The molecule has 5 rings (SSSR count). The molecule has 0 aliphatic carbocycles. The zero-order valence-electron chi connectivity index (χ0n) is 19.5. The number of fused-ring (bicyclic) bond motifs is 2. The van der Waals surface area contributed by atoms with E-state index in [1.54, 1.807) is 31.0 Å². The van der Waals surface area contributed by atoms with E-state index < -0.39 is 5.82 Å². The van der Waals surface area contributed by atoms with Gasteiger partial charge in [0.2, 0.25) is 5.16 Å². The summed E-state index contributed by atoms with van der Waals surface area (Å²) in [6.45, 7) is 1.89. The van der Waals surface area contributed by atoms with Crippen molar-refractivity contribution in [1.82, 2.24) is 24.9 Å². The zero-order valence-corrected chi connectivity index (χ0v) is 20.3. The number of halogens is 1. The summed E-state index contributed by atoms with van der Waals surface area (Å²) in [5.74, 6) is -0.490. The molecule has 1 aromatic carbocycles. The lowest BCUT2D eigenvalue weighted by molar-refractivity contribution is 0.0819. The molecule has 4 heterocycles. The molecule has 4 aromatic rings. The third-order valence-corrected chi connectivity index (χ3v) is 7.16. The van der Waals surface area contributed by atoms with E-state index in [-0.39, 0.29) is 5.65 Å². The Labute approximate surface area is 206 Å². The number of ether oxygens (including phenoxy) is 1. The molecule has 2 N–H and O–H groups in total. The molecule has 0 saturated carbocycles. The van der Waals surface area contributed by atoms with Crippen molar-refractivity contribution in [3.05, 3.63) is 60.3 Å². The van der Waals surface area contributed by atoms with Crippen LogP contribution in [0.15, 0.2) is 59.0 Å². The van der Waals surface area contributed by atoms with Crippen LogP contribution in [0.1, 0.15) is 18.4 Å². The van der Waals surface area contributed by atoms with E-state index in [0.29, 0.717) is 22.4 Å². The highest BCUT2D eigenvalue weighted by Gasteiger charge is 2.19. The first-order valence-corrected chi connectivity index (χ1v) is 12.2. The van der Waals surface area contributed by atoms with Gasteiger partial charge in [-0.1, -0.05) is 0 Å². The van der Waals surface area contributed by atoms with Gasteiger partial charge in [-0.3, -0.25) is 9.38 Å². The van der Waals surface area contributed by atoms with E-state index >= 15 is 0 Å². The Bertz CT molecular complexity index is 1410. The van der Waals surface area contributed by atoms with Crippen molar-refractivity contribution in [3.63, 3.8) is 0 Å². The van der Waals surface area contributed by atoms with Crippen molar-refractivity contribution in [2.75, 3.05) is 32.1 Å². The summed E-state index contributed by atoms with van der Waals surface area (Å²) < 4.78 is 21.9.